The molecular weight excluding hydrogens is 478 g/mol. The van der Waals surface area contributed by atoms with Crippen LogP contribution >= 0.6 is 0 Å². The number of nitrogen functional groups attached to an aromatic ring is 3. The van der Waals surface area contributed by atoms with Gasteiger partial charge in [0.1, 0.15) is 33.9 Å². The van der Waals surface area contributed by atoms with Gasteiger partial charge in [-0.15, -0.1) is 0 Å². The molecule has 0 saturated heterocycles. The quantitative estimate of drug-likeness (QED) is 0.184. The van der Waals surface area contributed by atoms with Gasteiger partial charge in [-0.1, -0.05) is 0 Å². The van der Waals surface area contributed by atoms with E-state index in [0.29, 0.717) is 17.1 Å². The van der Waals surface area contributed by atoms with Crippen molar-refractivity contribution in [3.63, 3.8) is 0 Å². The molecule has 0 heterocycles. The Hall–Kier alpha value is -3.87. The normalized spacial score (nSPS) is 9.18. The maximum Gasteiger partial charge on any atom is 2.00 e. The molecule has 34 heavy (non-hydrogen) atoms. The molecule has 0 bridgehead atoms. The molecule has 12 nitrogen and oxygen atoms in total. The average molecular weight is 502 g/mol. The molecule has 178 valence electrons. The van der Waals surface area contributed by atoms with Crippen molar-refractivity contribution < 1.29 is 47.9 Å². The predicted molar refractivity (Wildman–Crippen MR) is 126 cm³/mol. The van der Waals surface area contributed by atoms with E-state index in [1.165, 1.54) is 54.6 Å². The first kappa shape index (κ1) is 30.1. The number of carbonyl (C=O) groups is 3. The number of hydrogen-bond donors (Lipinski definition) is 9. The monoisotopic (exact) mass is 501 g/mol. The standard InChI is InChI=1S/3C7H7NO3.Ca.2H/c3*8-4-1-2-5(7(10)11)6(9)3-4;;;/h3*1-3,9H,8H2,(H,10,11);;;/q;;;+2;2*-1. The number of carboxylic acid groups (broad SMARTS) is 3. The summed E-state index contributed by atoms with van der Waals surface area (Å²) in [5, 5.41) is 52.4. The van der Waals surface area contributed by atoms with Gasteiger partial charge in [0.15, 0.2) is 0 Å². The number of nitrogens with two attached hydrogens (primary N) is 3. The van der Waals surface area contributed by atoms with Crippen molar-refractivity contribution >= 4 is 72.7 Å². The Morgan fingerprint density at radius 2 is 0.735 bits per heavy atom. The van der Waals surface area contributed by atoms with Crippen LogP contribution in [-0.2, 0) is 0 Å². The summed E-state index contributed by atoms with van der Waals surface area (Å²) in [5.41, 5.74) is 16.4. The van der Waals surface area contributed by atoms with Crippen molar-refractivity contribution in [1.29, 1.82) is 0 Å². The van der Waals surface area contributed by atoms with E-state index in [1.54, 1.807) is 0 Å². The first-order chi connectivity index (χ1) is 15.3. The van der Waals surface area contributed by atoms with Gasteiger partial charge in [-0.05, 0) is 36.4 Å². The van der Waals surface area contributed by atoms with Gasteiger partial charge in [0, 0.05) is 35.3 Å². The average Bonchev–Trinajstić information content (AvgIpc) is 2.68. The zero-order valence-electron chi connectivity index (χ0n) is 19.5. The van der Waals surface area contributed by atoms with Crippen LogP contribution in [-0.4, -0.2) is 86.3 Å². The Morgan fingerprint density at radius 1 is 0.529 bits per heavy atom. The van der Waals surface area contributed by atoms with Gasteiger partial charge in [-0.2, -0.15) is 0 Å². The van der Waals surface area contributed by atoms with E-state index in [9.17, 15) is 14.4 Å². The summed E-state index contributed by atoms with van der Waals surface area (Å²) in [6, 6.07) is 11.6. The van der Waals surface area contributed by atoms with Gasteiger partial charge in [-0.3, -0.25) is 0 Å². The number of phenols is 3. The molecule has 0 amide bonds. The first-order valence-corrected chi connectivity index (χ1v) is 8.78. The number of anilines is 3. The third kappa shape index (κ3) is 9.32. The SMILES string of the molecule is Nc1ccc(C(=O)O)c(O)c1.Nc1ccc(C(=O)O)c(O)c1.Nc1ccc(C(=O)O)c(O)c1.[Ca+2].[H-].[H-]. The van der Waals surface area contributed by atoms with E-state index in [-0.39, 0.29) is 74.5 Å². The Kier molecular flexibility index (Phi) is 12.1. The van der Waals surface area contributed by atoms with Gasteiger partial charge in [0.05, 0.1) is 0 Å². The Labute approximate surface area is 225 Å². The fourth-order valence-electron chi connectivity index (χ4n) is 2.19. The van der Waals surface area contributed by atoms with Crippen LogP contribution in [0.5, 0.6) is 17.2 Å². The van der Waals surface area contributed by atoms with Crippen LogP contribution in [0.2, 0.25) is 0 Å². The minimum Gasteiger partial charge on any atom is -1.00 e. The van der Waals surface area contributed by atoms with Crippen LogP contribution in [0.3, 0.4) is 0 Å². The molecule has 0 aliphatic heterocycles. The molecule has 13 heteroatoms. The van der Waals surface area contributed by atoms with Crippen molar-refractivity contribution in [2.24, 2.45) is 0 Å². The minimum absolute atomic E-state index is 0. The fraction of sp³-hybridized carbons (Fsp3) is 0. The molecule has 3 aromatic rings. The third-order valence-electron chi connectivity index (χ3n) is 3.76. The van der Waals surface area contributed by atoms with Crippen molar-refractivity contribution in [1.82, 2.24) is 0 Å². The molecule has 0 aromatic heterocycles. The number of hydrogen-bond acceptors (Lipinski definition) is 9. The number of aromatic hydroxyl groups is 3. The van der Waals surface area contributed by atoms with Crippen molar-refractivity contribution in [2.45, 2.75) is 0 Å². The summed E-state index contributed by atoms with van der Waals surface area (Å²) in [5.74, 6) is -4.42. The third-order valence-corrected chi connectivity index (χ3v) is 3.76. The molecule has 0 atom stereocenters. The predicted octanol–water partition coefficient (Wildman–Crippen LogP) is 1.86. The van der Waals surface area contributed by atoms with Crippen molar-refractivity contribution in [2.75, 3.05) is 17.2 Å². The van der Waals surface area contributed by atoms with Crippen LogP contribution in [0.15, 0.2) is 54.6 Å². The maximum atomic E-state index is 10.3. The molecule has 12 N–H and O–H groups in total. The van der Waals surface area contributed by atoms with E-state index >= 15 is 0 Å². The Balaban J connectivity index is -0.000000436. The molecule has 3 aromatic carbocycles. The zero-order chi connectivity index (χ0) is 25.3. The summed E-state index contributed by atoms with van der Waals surface area (Å²) < 4.78 is 0. The summed E-state index contributed by atoms with van der Waals surface area (Å²) in [7, 11) is 0. The topological polar surface area (TPSA) is 251 Å². The molecule has 0 unspecified atom stereocenters. The Morgan fingerprint density at radius 3 is 0.882 bits per heavy atom. The van der Waals surface area contributed by atoms with Gasteiger partial charge in [0.2, 0.25) is 0 Å². The molecule has 0 saturated carbocycles. The van der Waals surface area contributed by atoms with E-state index in [0.717, 1.165) is 0 Å². The van der Waals surface area contributed by atoms with Crippen molar-refractivity contribution in [3.05, 3.63) is 71.3 Å². The largest absolute Gasteiger partial charge is 2.00 e. The number of aromatic carboxylic acids is 3. The summed E-state index contributed by atoms with van der Waals surface area (Å²) >= 11 is 0. The smallest absolute Gasteiger partial charge is 1.00 e. The van der Waals surface area contributed by atoms with Gasteiger partial charge < -0.3 is 50.7 Å². The zero-order valence-corrected chi connectivity index (χ0v) is 19.8. The number of carboxylic acids is 3. The van der Waals surface area contributed by atoms with Crippen LogP contribution in [0.1, 0.15) is 33.9 Å². The van der Waals surface area contributed by atoms with Crippen LogP contribution in [0, 0.1) is 0 Å². The molecular formula is C21H23CaN3O9. The van der Waals surface area contributed by atoms with Gasteiger partial charge in [0.25, 0.3) is 0 Å². The van der Waals surface area contributed by atoms with E-state index < -0.39 is 17.9 Å². The summed E-state index contributed by atoms with van der Waals surface area (Å²) in [4.78, 5) is 31.0. The molecule has 0 aliphatic rings. The second-order valence-electron chi connectivity index (χ2n) is 6.25. The van der Waals surface area contributed by atoms with Gasteiger partial charge in [-0.25, -0.2) is 14.4 Å². The number of rotatable bonds is 3. The molecule has 3 rings (SSSR count). The van der Waals surface area contributed by atoms with E-state index in [2.05, 4.69) is 0 Å². The van der Waals surface area contributed by atoms with Crippen LogP contribution < -0.4 is 17.2 Å². The van der Waals surface area contributed by atoms with Gasteiger partial charge >= 0.3 is 55.6 Å². The Bertz CT molecular complexity index is 1050. The minimum atomic E-state index is -1.16. The summed E-state index contributed by atoms with van der Waals surface area (Å²) in [6.07, 6.45) is 0. The molecule has 0 fully saturated rings. The molecule has 0 spiro atoms. The molecule has 0 radical (unpaired) electrons. The number of benzene rings is 3. The molecule has 0 aliphatic carbocycles. The van der Waals surface area contributed by atoms with E-state index in [4.69, 9.17) is 47.8 Å². The first-order valence-electron chi connectivity index (χ1n) is 8.78. The second kappa shape index (κ2) is 13.6. The maximum absolute atomic E-state index is 10.3. The van der Waals surface area contributed by atoms with Crippen LogP contribution in [0.25, 0.3) is 0 Å². The van der Waals surface area contributed by atoms with Crippen molar-refractivity contribution in [3.8, 4) is 17.2 Å². The van der Waals surface area contributed by atoms with Crippen LogP contribution in [0.4, 0.5) is 17.1 Å². The second-order valence-corrected chi connectivity index (χ2v) is 6.25. The fourth-order valence-corrected chi connectivity index (χ4v) is 2.19. The van der Waals surface area contributed by atoms with E-state index in [1.807, 2.05) is 0 Å². The summed E-state index contributed by atoms with van der Waals surface area (Å²) in [6.45, 7) is 0.